The van der Waals surface area contributed by atoms with Gasteiger partial charge in [-0.25, -0.2) is 13.2 Å². The zero-order valence-corrected chi connectivity index (χ0v) is 15.6. The summed E-state index contributed by atoms with van der Waals surface area (Å²) >= 11 is 0. The van der Waals surface area contributed by atoms with Gasteiger partial charge in [0.15, 0.2) is 0 Å². The molecule has 4 N–H and O–H groups in total. The van der Waals surface area contributed by atoms with E-state index in [1.54, 1.807) is 30.5 Å². The monoisotopic (exact) mass is 416 g/mol. The predicted octanol–water partition coefficient (Wildman–Crippen LogP) is 2.57. The molecule has 0 spiro atoms. The Kier molecular flexibility index (Phi) is 5.55. The fourth-order valence-corrected chi connectivity index (χ4v) is 4.07. The molecule has 10 heteroatoms. The first-order valence-electron chi connectivity index (χ1n) is 8.25. The maximum absolute atomic E-state index is 12.6. The fraction of sp³-hybridized carbons (Fsp3) is 0.0526. The molecule has 2 aromatic carbocycles. The molecule has 2 aliphatic heterocycles. The number of nitrogens with one attached hydrogen (secondary N) is 2. The van der Waals surface area contributed by atoms with Crippen LogP contribution in [-0.2, 0) is 19.6 Å². The molecule has 2 aromatic rings. The minimum Gasteiger partial charge on any atom is -0.487 e. The van der Waals surface area contributed by atoms with E-state index in [0.717, 1.165) is 5.57 Å². The molecule has 0 radical (unpaired) electrons. The summed E-state index contributed by atoms with van der Waals surface area (Å²) in [5.74, 6) is -0.608. The van der Waals surface area contributed by atoms with Crippen molar-refractivity contribution in [3.8, 4) is 0 Å². The fourth-order valence-electron chi connectivity index (χ4n) is 2.98. The first kappa shape index (κ1) is 20.0. The van der Waals surface area contributed by atoms with Crippen LogP contribution in [0.5, 0.6) is 0 Å². The van der Waals surface area contributed by atoms with Gasteiger partial charge in [-0.05, 0) is 24.3 Å². The van der Waals surface area contributed by atoms with Crippen molar-refractivity contribution in [3.63, 3.8) is 0 Å². The summed E-state index contributed by atoms with van der Waals surface area (Å²) in [6.07, 6.45) is 3.42. The Hall–Kier alpha value is -3.79. The Morgan fingerprint density at radius 1 is 1.17 bits per heavy atom. The molecule has 9 nitrogen and oxygen atoms in total. The van der Waals surface area contributed by atoms with Gasteiger partial charge in [0.2, 0.25) is 0 Å². The third-order valence-corrected chi connectivity index (χ3v) is 5.53. The minimum absolute atomic E-state index is 0.0102. The van der Waals surface area contributed by atoms with Crippen LogP contribution in [0.3, 0.4) is 0 Å². The molecule has 0 amide bonds. The molecule has 0 aromatic heterocycles. The number of aromatic carboxylic acids is 1. The molecule has 29 heavy (non-hydrogen) atoms. The van der Waals surface area contributed by atoms with E-state index >= 15 is 0 Å². The second-order valence-corrected chi connectivity index (χ2v) is 7.50. The third-order valence-electron chi connectivity index (χ3n) is 4.15. The van der Waals surface area contributed by atoms with E-state index in [2.05, 4.69) is 10.0 Å². The van der Waals surface area contributed by atoms with E-state index in [9.17, 15) is 18.3 Å². The number of sulfonamides is 1. The Balaban J connectivity index is 0.000000755. The van der Waals surface area contributed by atoms with E-state index in [-0.39, 0.29) is 22.6 Å². The second-order valence-electron chi connectivity index (χ2n) is 5.82. The van der Waals surface area contributed by atoms with Crippen LogP contribution in [0.1, 0.15) is 15.9 Å². The Labute approximate surface area is 166 Å². The maximum atomic E-state index is 12.6. The van der Waals surface area contributed by atoms with E-state index in [4.69, 9.17) is 14.6 Å². The van der Waals surface area contributed by atoms with Crippen molar-refractivity contribution in [2.45, 2.75) is 4.90 Å². The molecule has 2 heterocycles. The van der Waals surface area contributed by atoms with Crippen LogP contribution >= 0.6 is 0 Å². The van der Waals surface area contributed by atoms with Crippen LogP contribution in [-0.4, -0.2) is 37.7 Å². The summed E-state index contributed by atoms with van der Waals surface area (Å²) in [6.45, 7) is 0.160. The number of carboxylic acid groups (broad SMARTS) is 2. The third kappa shape index (κ3) is 3.92. The van der Waals surface area contributed by atoms with Gasteiger partial charge in [0, 0.05) is 17.3 Å². The largest absolute Gasteiger partial charge is 0.487 e. The van der Waals surface area contributed by atoms with Gasteiger partial charge in [-0.15, -0.1) is 0 Å². The lowest BCUT2D eigenvalue weighted by atomic mass is 9.96. The van der Waals surface area contributed by atoms with E-state index in [0.29, 0.717) is 23.6 Å². The average Bonchev–Trinajstić information content (AvgIpc) is 3.17. The highest BCUT2D eigenvalue weighted by Gasteiger charge is 2.29. The van der Waals surface area contributed by atoms with Gasteiger partial charge in [0.1, 0.15) is 17.9 Å². The quantitative estimate of drug-likeness (QED) is 0.557. The molecule has 150 valence electrons. The van der Waals surface area contributed by atoms with Gasteiger partial charge in [0.25, 0.3) is 16.5 Å². The van der Waals surface area contributed by atoms with Crippen molar-refractivity contribution in [2.24, 2.45) is 0 Å². The second kappa shape index (κ2) is 8.07. The van der Waals surface area contributed by atoms with Gasteiger partial charge in [0.05, 0.1) is 16.3 Å². The number of ether oxygens (including phenoxy) is 1. The molecule has 0 saturated carbocycles. The molecule has 4 rings (SSSR count). The van der Waals surface area contributed by atoms with E-state index in [1.807, 2.05) is 6.08 Å². The van der Waals surface area contributed by atoms with Gasteiger partial charge in [-0.3, -0.25) is 9.52 Å². The summed E-state index contributed by atoms with van der Waals surface area (Å²) in [7, 11) is -3.91. The smallest absolute Gasteiger partial charge is 0.339 e. The number of rotatable bonds is 4. The molecule has 0 fully saturated rings. The summed E-state index contributed by atoms with van der Waals surface area (Å²) in [5.41, 5.74) is 1.61. The van der Waals surface area contributed by atoms with Gasteiger partial charge in [-0.1, -0.05) is 24.3 Å². The van der Waals surface area contributed by atoms with Crippen molar-refractivity contribution >= 4 is 39.4 Å². The number of hydrogen-bond acceptors (Lipinski definition) is 6. The van der Waals surface area contributed by atoms with Crippen molar-refractivity contribution < 1.29 is 33.0 Å². The number of carboxylic acids is 1. The van der Waals surface area contributed by atoms with Crippen molar-refractivity contribution in [3.05, 3.63) is 71.6 Å². The number of carbonyl (C=O) groups is 2. The highest BCUT2D eigenvalue weighted by molar-refractivity contribution is 7.92. The van der Waals surface area contributed by atoms with Crippen LogP contribution in [0.4, 0.5) is 11.4 Å². The van der Waals surface area contributed by atoms with E-state index < -0.39 is 16.0 Å². The van der Waals surface area contributed by atoms with Crippen LogP contribution in [0, 0.1) is 0 Å². The Morgan fingerprint density at radius 3 is 2.52 bits per heavy atom. The SMILES string of the molecule is O=C(O)c1c(NS(=O)(=O)c2ccccc2)ccc2c1NC=C1OCC=C12.O=CO. The number of anilines is 2. The van der Waals surface area contributed by atoms with Crippen molar-refractivity contribution in [2.75, 3.05) is 16.6 Å². The lowest BCUT2D eigenvalue weighted by Crippen LogP contribution is -2.18. The molecule has 2 aliphatic rings. The standard InChI is InChI=1S/C18H14N2O5S.CH2O2/c21-18(22)16-14(20-26(23,24)11-4-2-1-3-5-11)7-6-13-12-8-9-25-15(12)10-19-17(13)16;2-1-3/h1-8,10,19-20H,9H2,(H,21,22);1H,(H,2,3). The van der Waals surface area contributed by atoms with Gasteiger partial charge in [-0.2, -0.15) is 0 Å². The van der Waals surface area contributed by atoms with Crippen molar-refractivity contribution in [1.82, 2.24) is 0 Å². The summed E-state index contributed by atoms with van der Waals surface area (Å²) in [6, 6.07) is 10.9. The normalized spacial score (nSPS) is 13.8. The summed E-state index contributed by atoms with van der Waals surface area (Å²) in [4.78, 5) is 20.3. The summed E-state index contributed by atoms with van der Waals surface area (Å²) in [5, 5.41) is 19.5. The number of allylic oxidation sites excluding steroid dienone is 1. The molecule has 0 aliphatic carbocycles. The van der Waals surface area contributed by atoms with Crippen LogP contribution in [0.25, 0.3) is 5.57 Å². The summed E-state index contributed by atoms with van der Waals surface area (Å²) < 4.78 is 32.9. The molecule has 0 atom stereocenters. The zero-order chi connectivity index (χ0) is 21.0. The predicted molar refractivity (Wildman–Crippen MR) is 105 cm³/mol. The van der Waals surface area contributed by atoms with Gasteiger partial charge >= 0.3 is 5.97 Å². The maximum Gasteiger partial charge on any atom is 0.339 e. The minimum atomic E-state index is -3.91. The van der Waals surface area contributed by atoms with Crippen LogP contribution in [0.15, 0.2) is 65.4 Å². The lowest BCUT2D eigenvalue weighted by Gasteiger charge is -2.21. The highest BCUT2D eigenvalue weighted by atomic mass is 32.2. The first-order chi connectivity index (χ1) is 13.9. The van der Waals surface area contributed by atoms with Crippen molar-refractivity contribution in [1.29, 1.82) is 0 Å². The zero-order valence-electron chi connectivity index (χ0n) is 14.8. The van der Waals surface area contributed by atoms with Crippen LogP contribution < -0.4 is 10.0 Å². The number of benzene rings is 2. The Bertz CT molecular complexity index is 1120. The number of fused-ring (bicyclic) bond motifs is 3. The molecular weight excluding hydrogens is 400 g/mol. The van der Waals surface area contributed by atoms with Gasteiger partial charge < -0.3 is 20.3 Å². The van der Waals surface area contributed by atoms with E-state index in [1.165, 1.54) is 18.2 Å². The topological polar surface area (TPSA) is 142 Å². The molecule has 0 saturated heterocycles. The molecular formula is C19H16N2O7S. The highest BCUT2D eigenvalue weighted by Crippen LogP contribution is 2.41. The molecule has 0 bridgehead atoms. The van der Waals surface area contributed by atoms with Crippen LogP contribution in [0.2, 0.25) is 0 Å². The molecule has 0 unspecified atom stereocenters. The first-order valence-corrected chi connectivity index (χ1v) is 9.73. The Morgan fingerprint density at radius 2 is 1.86 bits per heavy atom. The lowest BCUT2D eigenvalue weighted by molar-refractivity contribution is -0.122. The average molecular weight is 416 g/mol. The number of hydrogen-bond donors (Lipinski definition) is 4.